The molecule has 2 atom stereocenters. The number of hydrogen-bond donors (Lipinski definition) is 1. The van der Waals surface area contributed by atoms with E-state index in [1.54, 1.807) is 0 Å². The minimum atomic E-state index is -0.0769. The van der Waals surface area contributed by atoms with E-state index in [1.165, 1.54) is 22.3 Å². The van der Waals surface area contributed by atoms with Crippen molar-refractivity contribution in [3.8, 4) is 0 Å². The first-order chi connectivity index (χ1) is 13.2. The number of rotatable bonds is 2. The van der Waals surface area contributed by atoms with Gasteiger partial charge >= 0.3 is 0 Å². The van der Waals surface area contributed by atoms with E-state index in [1.807, 2.05) is 24.3 Å². The molecule has 2 bridgehead atoms. The van der Waals surface area contributed by atoms with Crippen molar-refractivity contribution >= 4 is 27.5 Å². The van der Waals surface area contributed by atoms with Gasteiger partial charge in [-0.2, -0.15) is 0 Å². The Bertz CT molecular complexity index is 996. The van der Waals surface area contributed by atoms with Crippen LogP contribution in [0.25, 0.3) is 0 Å². The Hall–Kier alpha value is -2.39. The van der Waals surface area contributed by atoms with Gasteiger partial charge in [-0.1, -0.05) is 67.6 Å². The molecule has 0 unspecified atom stereocenters. The highest BCUT2D eigenvalue weighted by atomic mass is 79.9. The number of carbonyl (C=O) groups is 1. The molecule has 0 fully saturated rings. The molecule has 1 amide bonds. The summed E-state index contributed by atoms with van der Waals surface area (Å²) < 4.78 is 0.910. The molecular formula is C24H20BrNO. The standard InChI is InChI=1S/C24H20BrNO/c1-14-21-15-8-2-4-10-17(15)23(18-11-5-3-9-16(18)21)22(14)24(27)26-20-13-7-6-12-19(20)25/h2-14,21-23H,1H3,(H,26,27)/t14-,21?,22+,23?/m0/s1. The van der Waals surface area contributed by atoms with Gasteiger partial charge in [-0.05, 0) is 56.2 Å². The maximum Gasteiger partial charge on any atom is 0.228 e. The number of fused-ring (bicyclic) bond motifs is 1. The molecule has 0 aliphatic heterocycles. The van der Waals surface area contributed by atoms with Crippen LogP contribution in [-0.2, 0) is 4.79 Å². The third-order valence-corrected chi connectivity index (χ3v) is 6.91. The van der Waals surface area contributed by atoms with Gasteiger partial charge in [0.2, 0.25) is 5.91 Å². The molecule has 27 heavy (non-hydrogen) atoms. The summed E-state index contributed by atoms with van der Waals surface area (Å²) in [5.41, 5.74) is 6.23. The average Bonchev–Trinajstić information content (AvgIpc) is 2.69. The third kappa shape index (κ3) is 2.49. The molecule has 0 aromatic heterocycles. The van der Waals surface area contributed by atoms with Crippen LogP contribution in [0.3, 0.4) is 0 Å². The van der Waals surface area contributed by atoms with Crippen molar-refractivity contribution in [2.45, 2.75) is 18.8 Å². The van der Waals surface area contributed by atoms with Crippen LogP contribution in [0.4, 0.5) is 5.69 Å². The van der Waals surface area contributed by atoms with Gasteiger partial charge in [0.15, 0.2) is 0 Å². The molecule has 134 valence electrons. The van der Waals surface area contributed by atoms with Crippen LogP contribution < -0.4 is 5.32 Å². The first-order valence-corrected chi connectivity index (χ1v) is 10.2. The second-order valence-corrected chi connectivity index (χ2v) is 8.42. The van der Waals surface area contributed by atoms with E-state index in [4.69, 9.17) is 0 Å². The quantitative estimate of drug-likeness (QED) is 0.549. The summed E-state index contributed by atoms with van der Waals surface area (Å²) in [6, 6.07) is 25.1. The normalized spacial score (nSPS) is 24.8. The Morgan fingerprint density at radius 2 is 1.26 bits per heavy atom. The van der Waals surface area contributed by atoms with Crippen molar-refractivity contribution < 1.29 is 4.79 Å². The average molecular weight is 418 g/mol. The summed E-state index contributed by atoms with van der Waals surface area (Å²) in [6.07, 6.45) is 0. The maximum atomic E-state index is 13.4. The minimum absolute atomic E-state index is 0.0769. The van der Waals surface area contributed by atoms with Crippen LogP contribution in [0.1, 0.15) is 41.0 Å². The van der Waals surface area contributed by atoms with Crippen molar-refractivity contribution in [3.63, 3.8) is 0 Å². The summed E-state index contributed by atoms with van der Waals surface area (Å²) >= 11 is 3.54. The lowest BCUT2D eigenvalue weighted by molar-refractivity contribution is -0.122. The zero-order valence-corrected chi connectivity index (χ0v) is 16.6. The van der Waals surface area contributed by atoms with E-state index in [-0.39, 0.29) is 29.6 Å². The van der Waals surface area contributed by atoms with Crippen molar-refractivity contribution in [2.75, 3.05) is 5.32 Å². The van der Waals surface area contributed by atoms with Gasteiger partial charge in [-0.25, -0.2) is 0 Å². The van der Waals surface area contributed by atoms with Crippen molar-refractivity contribution in [2.24, 2.45) is 11.8 Å². The maximum absolute atomic E-state index is 13.4. The van der Waals surface area contributed by atoms with E-state index in [0.717, 1.165) is 10.2 Å². The second-order valence-electron chi connectivity index (χ2n) is 7.57. The molecule has 2 nitrogen and oxygen atoms in total. The molecule has 1 N–H and O–H groups in total. The Kier molecular flexibility index (Phi) is 3.94. The van der Waals surface area contributed by atoms with Gasteiger partial charge < -0.3 is 5.32 Å². The molecule has 0 radical (unpaired) electrons. The number of nitrogens with one attached hydrogen (secondary N) is 1. The lowest BCUT2D eigenvalue weighted by Crippen LogP contribution is -2.44. The number of para-hydroxylation sites is 1. The summed E-state index contributed by atoms with van der Waals surface area (Å²) in [5, 5.41) is 3.17. The fourth-order valence-corrected chi connectivity index (χ4v) is 5.51. The van der Waals surface area contributed by atoms with Gasteiger partial charge in [0.25, 0.3) is 0 Å². The molecule has 3 aliphatic carbocycles. The highest BCUT2D eigenvalue weighted by Crippen LogP contribution is 2.58. The SMILES string of the molecule is C[C@H]1C2c3ccccc3C(c3ccccc32)[C@@H]1C(=O)Nc1ccccc1Br. The summed E-state index contributed by atoms with van der Waals surface area (Å²) in [4.78, 5) is 13.4. The number of amides is 1. The largest absolute Gasteiger partial charge is 0.325 e. The van der Waals surface area contributed by atoms with Gasteiger partial charge in [0, 0.05) is 16.3 Å². The van der Waals surface area contributed by atoms with Gasteiger partial charge in [0.05, 0.1) is 11.6 Å². The first-order valence-electron chi connectivity index (χ1n) is 9.40. The molecule has 3 aromatic rings. The molecule has 6 rings (SSSR count). The summed E-state index contributed by atoms with van der Waals surface area (Å²) in [6.45, 7) is 2.23. The Morgan fingerprint density at radius 3 is 1.81 bits per heavy atom. The van der Waals surface area contributed by atoms with Crippen molar-refractivity contribution in [1.82, 2.24) is 0 Å². The first kappa shape index (κ1) is 16.8. The van der Waals surface area contributed by atoms with Crippen LogP contribution in [-0.4, -0.2) is 5.91 Å². The van der Waals surface area contributed by atoms with Crippen LogP contribution in [0.2, 0.25) is 0 Å². The number of benzene rings is 3. The van der Waals surface area contributed by atoms with Crippen LogP contribution >= 0.6 is 15.9 Å². The molecule has 0 heterocycles. The zero-order valence-electron chi connectivity index (χ0n) is 15.0. The van der Waals surface area contributed by atoms with Gasteiger partial charge in [0.1, 0.15) is 0 Å². The van der Waals surface area contributed by atoms with Gasteiger partial charge in [-0.15, -0.1) is 0 Å². The lowest BCUT2D eigenvalue weighted by atomic mass is 9.54. The Balaban J connectivity index is 1.61. The van der Waals surface area contributed by atoms with Crippen molar-refractivity contribution in [1.29, 1.82) is 0 Å². The highest BCUT2D eigenvalue weighted by Gasteiger charge is 2.50. The fraction of sp³-hybridized carbons (Fsp3) is 0.208. The van der Waals surface area contributed by atoms with E-state index in [2.05, 4.69) is 76.7 Å². The molecule has 3 aliphatic rings. The Labute approximate surface area is 167 Å². The van der Waals surface area contributed by atoms with Crippen LogP contribution in [0, 0.1) is 11.8 Å². The van der Waals surface area contributed by atoms with Crippen LogP contribution in [0.15, 0.2) is 77.3 Å². The number of anilines is 1. The van der Waals surface area contributed by atoms with E-state index < -0.39 is 0 Å². The lowest BCUT2D eigenvalue weighted by Gasteiger charge is -2.49. The molecular weight excluding hydrogens is 398 g/mol. The molecule has 0 spiro atoms. The zero-order chi connectivity index (χ0) is 18.5. The van der Waals surface area contributed by atoms with Crippen molar-refractivity contribution in [3.05, 3.63) is 99.5 Å². The van der Waals surface area contributed by atoms with E-state index >= 15 is 0 Å². The molecule has 0 saturated heterocycles. The Morgan fingerprint density at radius 1 is 0.778 bits per heavy atom. The van der Waals surface area contributed by atoms with E-state index in [9.17, 15) is 4.79 Å². The molecule has 3 aromatic carbocycles. The monoisotopic (exact) mass is 417 g/mol. The topological polar surface area (TPSA) is 29.1 Å². The predicted molar refractivity (Wildman–Crippen MR) is 112 cm³/mol. The highest BCUT2D eigenvalue weighted by molar-refractivity contribution is 9.10. The number of hydrogen-bond acceptors (Lipinski definition) is 1. The molecule has 0 saturated carbocycles. The minimum Gasteiger partial charge on any atom is -0.325 e. The smallest absolute Gasteiger partial charge is 0.228 e. The number of carbonyl (C=O) groups excluding carboxylic acids is 1. The second kappa shape index (κ2) is 6.35. The van der Waals surface area contributed by atoms with Gasteiger partial charge in [-0.3, -0.25) is 4.79 Å². The third-order valence-electron chi connectivity index (χ3n) is 6.22. The van der Waals surface area contributed by atoms with E-state index in [0.29, 0.717) is 0 Å². The summed E-state index contributed by atoms with van der Waals surface area (Å²) in [5.74, 6) is 0.667. The fourth-order valence-electron chi connectivity index (χ4n) is 5.12. The predicted octanol–water partition coefficient (Wildman–Crippen LogP) is 5.93. The molecule has 3 heteroatoms. The van der Waals surface area contributed by atoms with Crippen LogP contribution in [0.5, 0.6) is 0 Å². The summed E-state index contributed by atoms with van der Waals surface area (Å²) in [7, 11) is 0. The number of halogens is 1.